The van der Waals surface area contributed by atoms with Crippen molar-refractivity contribution in [2.75, 3.05) is 32.6 Å². The predicted octanol–water partition coefficient (Wildman–Crippen LogP) is 6.91. The minimum absolute atomic E-state index is 0.0105. The number of likely N-dealkylation sites (N-methyl/N-ethyl adjacent to an activating group) is 1. The molecule has 1 saturated carbocycles. The van der Waals surface area contributed by atoms with Crippen LogP contribution in [0.4, 0.5) is 9.93 Å². The molecular formula is C46H59N7O10S3. The molecule has 0 bridgehead atoms. The average Bonchev–Trinajstić information content (AvgIpc) is 3.73. The van der Waals surface area contributed by atoms with Crippen LogP contribution < -0.4 is 25.4 Å². The number of thiazole rings is 1. The molecule has 4 N–H and O–H groups in total. The van der Waals surface area contributed by atoms with E-state index in [0.717, 1.165) is 27.2 Å². The van der Waals surface area contributed by atoms with Crippen molar-refractivity contribution in [3.05, 3.63) is 59.3 Å². The van der Waals surface area contributed by atoms with Crippen molar-refractivity contribution in [1.82, 2.24) is 29.8 Å². The van der Waals surface area contributed by atoms with E-state index in [4.69, 9.17) is 24.2 Å². The van der Waals surface area contributed by atoms with Crippen molar-refractivity contribution < 1.29 is 46.9 Å². The van der Waals surface area contributed by atoms with Crippen molar-refractivity contribution >= 4 is 72.6 Å². The van der Waals surface area contributed by atoms with E-state index in [1.165, 1.54) is 29.4 Å². The van der Waals surface area contributed by atoms with E-state index < -0.39 is 75.1 Å². The van der Waals surface area contributed by atoms with Crippen LogP contribution >= 0.6 is 22.7 Å². The zero-order chi connectivity index (χ0) is 47.6. The molecule has 3 amide bonds. The van der Waals surface area contributed by atoms with Gasteiger partial charge >= 0.3 is 12.1 Å². The maximum atomic E-state index is 14.9. The maximum absolute atomic E-state index is 14.9. The monoisotopic (exact) mass is 965 g/mol. The Bertz CT molecular complexity index is 2560. The molecule has 2 aliphatic heterocycles. The Labute approximate surface area is 393 Å². The lowest BCUT2D eigenvalue weighted by atomic mass is 9.89. The van der Waals surface area contributed by atoms with Gasteiger partial charge in [0.25, 0.3) is 10.0 Å². The van der Waals surface area contributed by atoms with Gasteiger partial charge in [0, 0.05) is 53.7 Å². The summed E-state index contributed by atoms with van der Waals surface area (Å²) in [6.45, 7) is 9.29. The number of hydrogen-bond donors (Lipinski definition) is 4. The van der Waals surface area contributed by atoms with E-state index in [2.05, 4.69) is 16.0 Å². The molecular weight excluding hydrogens is 907 g/mol. The quantitative estimate of drug-likeness (QED) is 0.100. The van der Waals surface area contributed by atoms with Gasteiger partial charge in [-0.1, -0.05) is 51.8 Å². The second-order valence-electron chi connectivity index (χ2n) is 18.5. The number of carbonyl (C=O) groups excluding carboxylic acids is 3. The number of methoxy groups -OCH3 is 1. The fourth-order valence-corrected chi connectivity index (χ4v) is 11.5. The number of alkyl carbamates (subject to hydrolysis) is 1. The van der Waals surface area contributed by atoms with Crippen LogP contribution in [0.25, 0.3) is 22.3 Å². The number of carbonyl (C=O) groups is 4. The molecule has 4 aromatic rings. The van der Waals surface area contributed by atoms with Gasteiger partial charge in [0.15, 0.2) is 5.13 Å². The molecule has 1 aromatic carbocycles. The second kappa shape index (κ2) is 19.9. The summed E-state index contributed by atoms with van der Waals surface area (Å²) in [7, 11) is -0.881. The van der Waals surface area contributed by atoms with Crippen molar-refractivity contribution in [2.24, 2.45) is 11.3 Å². The van der Waals surface area contributed by atoms with E-state index in [-0.39, 0.29) is 42.6 Å². The van der Waals surface area contributed by atoms with Gasteiger partial charge in [-0.3, -0.25) is 9.59 Å². The van der Waals surface area contributed by atoms with Crippen LogP contribution in [-0.2, 0) is 29.1 Å². The van der Waals surface area contributed by atoms with Crippen LogP contribution in [-0.4, -0.2) is 120 Å². The molecule has 6 atom stereocenters. The SMILES string of the molecule is COc1ccc2c(O[C@@H]3C[C@H]4C(=O)N[C@]5(C(=O)O)CC5C=CCCCCC[C@H](NC(=O)O[C@H](CN(C)S(=O)(=O)c5cccs5)C(C)(C)C)C(=O)N4C3)cc(-c3csc(NC(C)C)n3)nc2c1. The van der Waals surface area contributed by atoms with Gasteiger partial charge in [-0.05, 0) is 63.1 Å². The summed E-state index contributed by atoms with van der Waals surface area (Å²) in [4.78, 5) is 67.0. The first-order valence-corrected chi connectivity index (χ1v) is 25.4. The second-order valence-corrected chi connectivity index (χ2v) is 22.6. The van der Waals surface area contributed by atoms with Crippen LogP contribution in [0.15, 0.2) is 63.5 Å². The number of amides is 3. The molecule has 1 unspecified atom stereocenters. The van der Waals surface area contributed by atoms with E-state index >= 15 is 0 Å². The van der Waals surface area contributed by atoms with Crippen molar-refractivity contribution in [1.29, 1.82) is 0 Å². The first-order valence-electron chi connectivity index (χ1n) is 22.2. The third-order valence-corrected chi connectivity index (χ3v) is 16.1. The molecule has 1 saturated heterocycles. The highest BCUT2D eigenvalue weighted by atomic mass is 32.2. The number of fused-ring (bicyclic) bond motifs is 3. The summed E-state index contributed by atoms with van der Waals surface area (Å²) in [6.07, 6.45) is 4.29. The summed E-state index contributed by atoms with van der Waals surface area (Å²) in [5.74, 6) is -1.79. The molecule has 5 heterocycles. The number of ether oxygens (including phenoxy) is 3. The average molecular weight is 966 g/mol. The Kier molecular flexibility index (Phi) is 14.6. The number of rotatable bonds is 13. The normalized spacial score (nSPS) is 23.3. The first-order chi connectivity index (χ1) is 31.3. The van der Waals surface area contributed by atoms with Gasteiger partial charge in [0.1, 0.15) is 51.2 Å². The third kappa shape index (κ3) is 10.9. The number of carboxylic acids is 1. The van der Waals surface area contributed by atoms with Gasteiger partial charge in [-0.25, -0.2) is 28.0 Å². The Morgan fingerprint density at radius 3 is 2.58 bits per heavy atom. The van der Waals surface area contributed by atoms with Crippen LogP contribution in [0.2, 0.25) is 0 Å². The Morgan fingerprint density at radius 1 is 1.09 bits per heavy atom. The van der Waals surface area contributed by atoms with E-state index in [1.807, 2.05) is 58.2 Å². The molecule has 7 rings (SSSR count). The topological polar surface area (TPSA) is 219 Å². The van der Waals surface area contributed by atoms with Crippen molar-refractivity contribution in [3.63, 3.8) is 0 Å². The standard InChI is InChI=1S/C46H59N7O10S3/c1-27(2)47-43-49-35(26-65-43)34-22-37(31-18-17-29(61-7)20-33(31)48-34)62-30-21-36-40(54)51-46(42(56)57)23-28(46)14-11-9-8-10-12-15-32(41(55)53(36)24-30)50-44(58)63-38(45(3,4)5)25-52(6)66(59,60)39-16-13-19-64-39/h11,13-14,16-20,22,26-28,30,32,36,38H,8-10,12,15,21,23-25H2,1-7H3,(H,47,49)(H,50,58)(H,51,54)(H,56,57)/t28?,30-,32+,36+,38-,46-/m1/s1. The summed E-state index contributed by atoms with van der Waals surface area (Å²) in [5, 5.41) is 24.2. The Morgan fingerprint density at radius 2 is 1.88 bits per heavy atom. The molecule has 3 aliphatic rings. The largest absolute Gasteiger partial charge is 0.497 e. The number of hydrogen-bond acceptors (Lipinski definition) is 14. The summed E-state index contributed by atoms with van der Waals surface area (Å²) < 4.78 is 46.2. The summed E-state index contributed by atoms with van der Waals surface area (Å²) >= 11 is 2.53. The highest BCUT2D eigenvalue weighted by Gasteiger charge is 2.61. The number of allylic oxidation sites excluding steroid dienone is 1. The van der Waals surface area contributed by atoms with Gasteiger partial charge in [-0.15, -0.1) is 22.7 Å². The first kappa shape index (κ1) is 48.6. The number of carboxylic acid groups (broad SMARTS) is 1. The Balaban J connectivity index is 1.18. The number of sulfonamides is 1. The number of nitrogens with one attached hydrogen (secondary N) is 3. The fraction of sp³-hybridized carbons (Fsp3) is 0.522. The lowest BCUT2D eigenvalue weighted by Crippen LogP contribution is -2.56. The lowest BCUT2D eigenvalue weighted by Gasteiger charge is -2.34. The number of aliphatic carboxylic acids is 1. The Hall–Kier alpha value is -5.31. The molecule has 3 aromatic heterocycles. The van der Waals surface area contributed by atoms with E-state index in [9.17, 15) is 32.7 Å². The number of nitrogens with zero attached hydrogens (tertiary/aromatic N) is 4. The number of thiophene rings is 1. The van der Waals surface area contributed by atoms with Gasteiger partial charge < -0.3 is 40.2 Å². The van der Waals surface area contributed by atoms with Crippen molar-refractivity contribution in [2.45, 2.75) is 120 Å². The van der Waals surface area contributed by atoms with Crippen LogP contribution in [0.5, 0.6) is 11.5 Å². The molecule has 0 radical (unpaired) electrons. The molecule has 66 heavy (non-hydrogen) atoms. The number of anilines is 1. The van der Waals surface area contributed by atoms with Gasteiger partial charge in [-0.2, -0.15) is 4.31 Å². The zero-order valence-corrected chi connectivity index (χ0v) is 40.7. The molecule has 2 fully saturated rings. The third-order valence-electron chi connectivity index (χ3n) is 12.2. The smallest absolute Gasteiger partial charge is 0.408 e. The van der Waals surface area contributed by atoms with E-state index in [1.54, 1.807) is 36.8 Å². The van der Waals surface area contributed by atoms with Crippen molar-refractivity contribution in [3.8, 4) is 22.9 Å². The van der Waals surface area contributed by atoms with E-state index in [0.29, 0.717) is 53.1 Å². The van der Waals surface area contributed by atoms with Crippen LogP contribution in [0.1, 0.15) is 79.6 Å². The number of aromatic nitrogens is 2. The minimum Gasteiger partial charge on any atom is -0.497 e. The van der Waals surface area contributed by atoms with Crippen LogP contribution in [0.3, 0.4) is 0 Å². The highest BCUT2D eigenvalue weighted by molar-refractivity contribution is 7.91. The molecule has 0 spiro atoms. The summed E-state index contributed by atoms with van der Waals surface area (Å²) in [6, 6.07) is 8.17. The van der Waals surface area contributed by atoms with Crippen LogP contribution in [0, 0.1) is 11.3 Å². The zero-order valence-electron chi connectivity index (χ0n) is 38.2. The predicted molar refractivity (Wildman–Crippen MR) is 252 cm³/mol. The highest BCUT2D eigenvalue weighted by Crippen LogP contribution is 2.46. The molecule has 20 heteroatoms. The molecule has 356 valence electrons. The molecule has 1 aliphatic carbocycles. The number of pyridine rings is 1. The number of benzene rings is 1. The lowest BCUT2D eigenvalue weighted by molar-refractivity contribution is -0.145. The maximum Gasteiger partial charge on any atom is 0.408 e. The summed E-state index contributed by atoms with van der Waals surface area (Å²) in [5.41, 5.74) is -0.528. The minimum atomic E-state index is -3.87. The fourth-order valence-electron chi connectivity index (χ4n) is 8.25. The van der Waals surface area contributed by atoms with Gasteiger partial charge in [0.2, 0.25) is 11.8 Å². The molecule has 17 nitrogen and oxygen atoms in total. The van der Waals surface area contributed by atoms with Gasteiger partial charge in [0.05, 0.1) is 31.4 Å².